The number of benzene rings is 3. The number of aliphatic carboxylic acids is 3. The van der Waals surface area contributed by atoms with E-state index in [9.17, 15) is 142 Å². The molecule has 26 N–H and O–H groups in total. The first-order chi connectivity index (χ1) is 61.9. The summed E-state index contributed by atoms with van der Waals surface area (Å²) in [6.07, 6.45) is -7.38. The van der Waals surface area contributed by atoms with E-state index in [1.54, 1.807) is 45.9 Å². The van der Waals surface area contributed by atoms with E-state index in [0.717, 1.165) is 30.5 Å². The van der Waals surface area contributed by atoms with Gasteiger partial charge in [0.25, 0.3) is 5.91 Å². The molecule has 0 radical (unpaired) electrons. The predicted octanol–water partition coefficient (Wildman–Crippen LogP) is -6.83. The molecule has 1 aliphatic heterocycles. The summed E-state index contributed by atoms with van der Waals surface area (Å²) in [6.45, 7) is 6.35. The standard InChI is InChI=1S/C83H119N17O30S/c1-8-43(4)68(80(126)93-55(33-49-19-23-51(106)24-20-49)74(120)89-53(30-42(2)3)73(119)91-57(34-66(113)114)72(118)87-44(5)14-12-13-27-84)98-79(125)60(38-102)95-75(121)54(32-48-17-21-50(105)22-18-48)90-76(122)58(35-67(115)116)92-78(124)59(37-101)96-82(128)70(46(7)104)99-77(123)56(31-47-15-10-9-11-16-47)94-81(127)69(45(6)103)97-61(107)36-86-71(117)52(25-26-65(111)112)88-63(109)41-131-40-62(108)85-28-29-100-64(110)39-130-83(100)129/h9-11,15-24,42-46,52-60,68-70,101-106H,8,12-14,25-41,84H2,1-7H3,(H,85,108)(H,86,117)(H,87,118)(H,88,109)(H,89,120)(H,90,122)(H,91,119)(H,92,124)(H,93,126)(H,94,127)(H,95,121)(H,96,128)(H,97,107)(H,98,125)(H,99,123)(H,111,112)(H,113,114)(H,115,116)/t43-,44+,45+,46+,52-,53-,54-,55-,56-,57-,58-,59-,60-,68-,69-,70-/m0/s1. The lowest BCUT2D eigenvalue weighted by Gasteiger charge is -2.30. The second-order valence-electron chi connectivity index (χ2n) is 31.4. The highest BCUT2D eigenvalue weighted by atomic mass is 32.2. The molecule has 3 aromatic carbocycles. The molecule has 17 amide bonds. The third-order valence-electron chi connectivity index (χ3n) is 20.0. The number of cyclic esters (lactones) is 1. The first-order valence-corrected chi connectivity index (χ1v) is 43.1. The van der Waals surface area contributed by atoms with E-state index < -0.39 is 286 Å². The Kier molecular flexibility index (Phi) is 47.3. The van der Waals surface area contributed by atoms with Gasteiger partial charge in [-0.1, -0.05) is 95.1 Å². The molecule has 1 saturated heterocycles. The quantitative estimate of drug-likeness (QED) is 0.0234. The van der Waals surface area contributed by atoms with Crippen molar-refractivity contribution in [3.63, 3.8) is 0 Å². The highest BCUT2D eigenvalue weighted by molar-refractivity contribution is 8.00. The van der Waals surface area contributed by atoms with Crippen molar-refractivity contribution in [1.82, 2.24) is 84.7 Å². The number of aliphatic hydroxyl groups excluding tert-OH is 4. The summed E-state index contributed by atoms with van der Waals surface area (Å²) in [7, 11) is 0. The maximum Gasteiger partial charge on any atom is 0.417 e. The molecule has 3 aromatic rings. The van der Waals surface area contributed by atoms with Crippen LogP contribution in [0.25, 0.3) is 0 Å². The van der Waals surface area contributed by atoms with Gasteiger partial charge in [0.05, 0.1) is 56.3 Å². The van der Waals surface area contributed by atoms with Gasteiger partial charge in [-0.05, 0) is 106 Å². The normalized spacial score (nSPS) is 15.4. The van der Waals surface area contributed by atoms with Gasteiger partial charge < -0.3 is 136 Å². The zero-order chi connectivity index (χ0) is 97.9. The maximum atomic E-state index is 14.7. The van der Waals surface area contributed by atoms with Crippen molar-refractivity contribution in [2.45, 2.75) is 216 Å². The molecule has 4 rings (SSSR count). The average Bonchev–Trinajstić information content (AvgIpc) is 1.01. The molecule has 1 aliphatic rings. The number of amides is 17. The number of thioether (sulfide) groups is 1. The molecule has 1 heterocycles. The summed E-state index contributed by atoms with van der Waals surface area (Å²) < 4.78 is 4.59. The number of ether oxygens (including phenoxy) is 1. The summed E-state index contributed by atoms with van der Waals surface area (Å²) in [5.41, 5.74) is 6.47. The van der Waals surface area contributed by atoms with Gasteiger partial charge in [-0.3, -0.25) is 91.1 Å². The van der Waals surface area contributed by atoms with Crippen LogP contribution in [-0.4, -0.2) is 318 Å². The van der Waals surface area contributed by atoms with Gasteiger partial charge in [-0.25, -0.2) is 9.69 Å². The molecule has 47 nitrogen and oxygen atoms in total. The number of phenolic OH excluding ortho intramolecular Hbond substituents is 2. The van der Waals surface area contributed by atoms with Gasteiger partial charge in [0.2, 0.25) is 88.6 Å². The first-order valence-electron chi connectivity index (χ1n) is 41.9. The number of nitrogens with one attached hydrogen (secondary N) is 15. The lowest BCUT2D eigenvalue weighted by molar-refractivity contribution is -0.142. The van der Waals surface area contributed by atoms with Crippen LogP contribution in [0.5, 0.6) is 11.5 Å². The fourth-order valence-corrected chi connectivity index (χ4v) is 13.4. The van der Waals surface area contributed by atoms with E-state index in [0.29, 0.717) is 36.9 Å². The number of carboxylic acid groups (broad SMARTS) is 3. The van der Waals surface area contributed by atoms with Gasteiger partial charge >= 0.3 is 24.0 Å². The maximum absolute atomic E-state index is 14.7. The van der Waals surface area contributed by atoms with Crippen LogP contribution in [0.15, 0.2) is 78.9 Å². The Labute approximate surface area is 756 Å². The average molecular weight is 1870 g/mol. The van der Waals surface area contributed by atoms with Crippen LogP contribution in [0.1, 0.15) is 123 Å². The number of unbranched alkanes of at least 4 members (excludes halogenated alkanes) is 1. The number of carbonyl (C=O) groups is 20. The van der Waals surface area contributed by atoms with Crippen molar-refractivity contribution in [3.8, 4) is 11.5 Å². The number of hydrogen-bond donors (Lipinski definition) is 25. The minimum Gasteiger partial charge on any atom is -0.508 e. The first kappa shape index (κ1) is 110. The van der Waals surface area contributed by atoms with Gasteiger partial charge in [0.1, 0.15) is 84.0 Å². The number of nitrogens with two attached hydrogens (primary N) is 1. The summed E-state index contributed by atoms with van der Waals surface area (Å²) in [5.74, 6) is -24.5. The summed E-state index contributed by atoms with van der Waals surface area (Å²) in [4.78, 5) is 269. The van der Waals surface area contributed by atoms with E-state index >= 15 is 0 Å². The van der Waals surface area contributed by atoms with E-state index in [-0.39, 0.29) is 61.1 Å². The third-order valence-corrected chi connectivity index (χ3v) is 21.0. The number of nitrogens with zero attached hydrogens (tertiary/aromatic N) is 1. The number of imide groups is 1. The molecule has 0 aliphatic carbocycles. The van der Waals surface area contributed by atoms with E-state index in [2.05, 4.69) is 84.5 Å². The monoisotopic (exact) mass is 1870 g/mol. The van der Waals surface area contributed by atoms with Crippen molar-refractivity contribution in [2.75, 3.05) is 57.5 Å². The van der Waals surface area contributed by atoms with E-state index in [4.69, 9.17) is 5.73 Å². The Balaban J connectivity index is 1.53. The molecular formula is C83H119N17O30S. The fraction of sp³-hybridized carbons (Fsp3) is 0.542. The van der Waals surface area contributed by atoms with E-state index in [1.807, 2.05) is 0 Å². The fourth-order valence-electron chi connectivity index (χ4n) is 12.7. The summed E-state index contributed by atoms with van der Waals surface area (Å²) in [6, 6.07) is -4.46. The second-order valence-corrected chi connectivity index (χ2v) is 32.4. The van der Waals surface area contributed by atoms with Crippen molar-refractivity contribution in [1.29, 1.82) is 0 Å². The smallest absolute Gasteiger partial charge is 0.417 e. The molecule has 0 saturated carbocycles. The van der Waals surface area contributed by atoms with E-state index in [1.165, 1.54) is 67.6 Å². The lowest BCUT2D eigenvalue weighted by atomic mass is 9.96. The molecule has 0 bridgehead atoms. The van der Waals surface area contributed by atoms with Crippen LogP contribution >= 0.6 is 11.8 Å². The van der Waals surface area contributed by atoms with Crippen LogP contribution in [-0.2, 0) is 115 Å². The number of aliphatic hydroxyl groups is 4. The molecule has 1 fully saturated rings. The molecule has 131 heavy (non-hydrogen) atoms. The largest absolute Gasteiger partial charge is 0.508 e. The number of hydrogen-bond acceptors (Lipinski definition) is 29. The second kappa shape index (κ2) is 56.3. The van der Waals surface area contributed by atoms with Crippen LogP contribution in [0.3, 0.4) is 0 Å². The zero-order valence-corrected chi connectivity index (χ0v) is 74.0. The highest BCUT2D eigenvalue weighted by Crippen LogP contribution is 2.19. The van der Waals surface area contributed by atoms with Crippen molar-refractivity contribution >= 4 is 130 Å². The van der Waals surface area contributed by atoms with Crippen LogP contribution < -0.4 is 85.5 Å². The van der Waals surface area contributed by atoms with Crippen molar-refractivity contribution in [2.24, 2.45) is 17.6 Å². The highest BCUT2D eigenvalue weighted by Gasteiger charge is 2.41. The Bertz CT molecular complexity index is 4420. The van der Waals surface area contributed by atoms with Gasteiger partial charge in [-0.2, -0.15) is 0 Å². The zero-order valence-electron chi connectivity index (χ0n) is 73.2. The minimum absolute atomic E-state index is 0.0818. The third kappa shape index (κ3) is 39.8. The number of rotatable bonds is 59. The van der Waals surface area contributed by atoms with Crippen molar-refractivity contribution < 1.29 is 147 Å². The molecule has 48 heteroatoms. The Morgan fingerprint density at radius 1 is 0.435 bits per heavy atom. The molecule has 0 unspecified atom stereocenters. The Morgan fingerprint density at radius 2 is 0.847 bits per heavy atom. The molecule has 722 valence electrons. The van der Waals surface area contributed by atoms with Crippen LogP contribution in [0.4, 0.5) is 4.79 Å². The minimum atomic E-state index is -2.23. The summed E-state index contributed by atoms with van der Waals surface area (Å²) >= 11 is 0.771. The topological polar surface area (TPSA) is 742 Å². The number of aromatic hydroxyl groups is 2. The Hall–Kier alpha value is -13.2. The number of carbonyl (C=O) groups excluding carboxylic acids is 17. The number of phenols is 2. The summed E-state index contributed by atoms with van der Waals surface area (Å²) in [5, 5.41) is 128. The van der Waals surface area contributed by atoms with Gasteiger partial charge in [-0.15, -0.1) is 11.8 Å². The molecular weight excluding hydrogens is 1750 g/mol. The van der Waals surface area contributed by atoms with Gasteiger partial charge in [0, 0.05) is 44.8 Å². The molecule has 0 aromatic heterocycles. The lowest BCUT2D eigenvalue weighted by Crippen LogP contribution is -2.63. The predicted molar refractivity (Wildman–Crippen MR) is 462 cm³/mol. The van der Waals surface area contributed by atoms with Gasteiger partial charge in [0.15, 0.2) is 6.61 Å². The van der Waals surface area contributed by atoms with Crippen molar-refractivity contribution in [3.05, 3.63) is 95.6 Å². The SMILES string of the molecule is CC[C@H](C)[C@H](NC(=O)[C@H](CO)NC(=O)[C@H](Cc1ccc(O)cc1)NC(=O)[C@H](CC(=O)O)NC(=O)[C@H](CO)NC(=O)[C@@H](NC(=O)[C@H](Cc1ccccc1)NC(=O)[C@@H](NC(=O)CNC(=O)[C@H](CCC(=O)O)NC(=O)CSCC(=O)NCCN1C(=O)COC1=O)[C@@H](C)O)[C@@H](C)O)C(=O)N[C@@H](Cc1ccc(O)cc1)C(=O)N[C@@H](CC(C)C)C(=O)N[C@@H](CC(=O)O)C(=O)N[C@H](C)CCCCN. The van der Waals surface area contributed by atoms with Crippen LogP contribution in [0.2, 0.25) is 0 Å². The number of carboxylic acids is 3. The Morgan fingerprint density at radius 3 is 1.31 bits per heavy atom. The van der Waals surface area contributed by atoms with Crippen LogP contribution in [0, 0.1) is 11.8 Å². The molecule has 0 spiro atoms. The molecule has 16 atom stereocenters.